The van der Waals surface area contributed by atoms with E-state index in [1.807, 2.05) is 80.6 Å². The van der Waals surface area contributed by atoms with Crippen molar-refractivity contribution in [2.45, 2.75) is 46.3 Å². The average Bonchev–Trinajstić information content (AvgIpc) is 2.80. The number of aromatic nitrogens is 4. The molecule has 6 nitrogen and oxygen atoms in total. The number of aryl methyl sites for hydroxylation is 2. The largest absolute Gasteiger partial charge is 0.393 e. The maximum absolute atomic E-state index is 8.56. The Hall–Kier alpha value is -2.18. The molecule has 2 atom stereocenters. The molecular weight excluding hydrogens is 797 g/mol. The smallest absolute Gasteiger partial charge is 0.116 e. The zero-order valence-corrected chi connectivity index (χ0v) is 25.0. The summed E-state index contributed by atoms with van der Waals surface area (Å²) in [4.78, 5) is 16.5. The van der Waals surface area contributed by atoms with E-state index in [0.29, 0.717) is 6.42 Å². The van der Waals surface area contributed by atoms with Crippen LogP contribution in [0.15, 0.2) is 79.4 Å². The number of aliphatic hydroxyl groups excluding tert-OH is 2. The fourth-order valence-electron chi connectivity index (χ4n) is 2.87. The van der Waals surface area contributed by atoms with Gasteiger partial charge in [0.15, 0.2) is 0 Å². The van der Waals surface area contributed by atoms with E-state index >= 15 is 0 Å². The van der Waals surface area contributed by atoms with Gasteiger partial charge in [-0.3, -0.25) is 4.98 Å². The van der Waals surface area contributed by atoms with Crippen LogP contribution in [0.5, 0.6) is 0 Å². The molecule has 8 heteroatoms. The Kier molecular flexibility index (Phi) is 17.0. The minimum absolute atomic E-state index is 0. The van der Waals surface area contributed by atoms with Gasteiger partial charge in [0.1, 0.15) is 12.7 Å². The molecule has 190 valence electrons. The van der Waals surface area contributed by atoms with Gasteiger partial charge in [0.25, 0.3) is 0 Å². The van der Waals surface area contributed by atoms with Crippen LogP contribution in [0.3, 0.4) is 0 Å². The maximum Gasteiger partial charge on any atom is 0.116 e. The molecule has 2 N–H and O–H groups in total. The third-order valence-corrected chi connectivity index (χ3v) is 4.34. The Labute approximate surface area is 235 Å². The topological polar surface area (TPSA) is 92.0 Å². The zero-order chi connectivity index (χ0) is 24.1. The SMILES string of the molecule is CC(O)CC(C)O.Cc1cc(-c2[c-]cccc2)ncn1.Cc1cc(-c2ccccc2)ncn1.[Ir].[Ir]. The van der Waals surface area contributed by atoms with Crippen molar-refractivity contribution in [1.29, 1.82) is 0 Å². The molecule has 4 rings (SSSR count). The molecule has 2 heterocycles. The van der Waals surface area contributed by atoms with Crippen LogP contribution in [0.1, 0.15) is 31.7 Å². The number of hydrogen-bond donors (Lipinski definition) is 2. The fourth-order valence-corrected chi connectivity index (χ4v) is 2.87. The Morgan fingerprint density at radius 2 is 1.23 bits per heavy atom. The first-order valence-electron chi connectivity index (χ1n) is 10.8. The van der Waals surface area contributed by atoms with Crippen molar-refractivity contribution in [1.82, 2.24) is 19.9 Å². The molecule has 35 heavy (non-hydrogen) atoms. The van der Waals surface area contributed by atoms with Gasteiger partial charge < -0.3 is 10.2 Å². The Bertz CT molecular complexity index is 996. The van der Waals surface area contributed by atoms with E-state index in [-0.39, 0.29) is 52.4 Å². The number of hydrogen-bond acceptors (Lipinski definition) is 6. The van der Waals surface area contributed by atoms with E-state index in [9.17, 15) is 0 Å². The van der Waals surface area contributed by atoms with Gasteiger partial charge in [-0.05, 0) is 45.9 Å². The van der Waals surface area contributed by atoms with Crippen LogP contribution >= 0.6 is 0 Å². The third-order valence-electron chi connectivity index (χ3n) is 4.34. The standard InChI is InChI=1S/C11H10N2.C11H9N2.C5H12O2.2Ir/c2*1-9-7-11(13-8-12-9)10-5-3-2-4-6-10;1-4(6)3-5(2)7;;/h2-8H,1H3;2-5,7-8H,1H3;4-7H,3H2,1-2H3;;/q;-1;;;. The number of rotatable bonds is 4. The van der Waals surface area contributed by atoms with Gasteiger partial charge in [-0.1, -0.05) is 36.4 Å². The van der Waals surface area contributed by atoms with Gasteiger partial charge in [0, 0.05) is 57.2 Å². The molecule has 2 aromatic carbocycles. The minimum atomic E-state index is -0.375. The van der Waals surface area contributed by atoms with E-state index in [1.165, 1.54) is 0 Å². The van der Waals surface area contributed by atoms with Crippen LogP contribution in [0.4, 0.5) is 0 Å². The molecule has 0 aliphatic carbocycles. The van der Waals surface area contributed by atoms with Gasteiger partial charge in [0.2, 0.25) is 0 Å². The zero-order valence-electron chi connectivity index (χ0n) is 20.2. The van der Waals surface area contributed by atoms with Crippen molar-refractivity contribution >= 4 is 0 Å². The van der Waals surface area contributed by atoms with Crippen molar-refractivity contribution in [2.24, 2.45) is 0 Å². The van der Waals surface area contributed by atoms with Crippen LogP contribution in [0.2, 0.25) is 0 Å². The summed E-state index contributed by atoms with van der Waals surface area (Å²) in [6, 6.07) is 24.9. The number of benzene rings is 2. The first-order chi connectivity index (χ1) is 15.8. The molecule has 0 spiro atoms. The molecule has 0 saturated heterocycles. The fraction of sp³-hybridized carbons (Fsp3) is 0.259. The first kappa shape index (κ1) is 32.8. The Morgan fingerprint density at radius 1 is 0.714 bits per heavy atom. The second-order valence-electron chi connectivity index (χ2n) is 7.67. The van der Waals surface area contributed by atoms with E-state index in [2.05, 4.69) is 26.0 Å². The molecule has 2 aromatic heterocycles. The summed E-state index contributed by atoms with van der Waals surface area (Å²) >= 11 is 0. The molecule has 2 unspecified atom stereocenters. The summed E-state index contributed by atoms with van der Waals surface area (Å²) in [7, 11) is 0. The predicted molar refractivity (Wildman–Crippen MR) is 131 cm³/mol. The molecule has 2 radical (unpaired) electrons. The summed E-state index contributed by atoms with van der Waals surface area (Å²) in [5.74, 6) is 0. The summed E-state index contributed by atoms with van der Waals surface area (Å²) in [6.45, 7) is 7.24. The molecular formula is C27H31Ir2N4O2-. The van der Waals surface area contributed by atoms with Crippen molar-refractivity contribution in [2.75, 3.05) is 0 Å². The molecule has 0 bridgehead atoms. The molecule has 0 saturated carbocycles. The van der Waals surface area contributed by atoms with Crippen molar-refractivity contribution in [3.8, 4) is 22.5 Å². The quantitative estimate of drug-likeness (QED) is 0.287. The van der Waals surface area contributed by atoms with E-state index in [4.69, 9.17) is 10.2 Å². The monoisotopic (exact) mass is 829 g/mol. The normalized spacial score (nSPS) is 11.1. The predicted octanol–water partition coefficient (Wildman–Crippen LogP) is 4.84. The van der Waals surface area contributed by atoms with Crippen LogP contribution in [0, 0.1) is 19.9 Å². The molecule has 0 aliphatic heterocycles. The molecule has 0 amide bonds. The summed E-state index contributed by atoms with van der Waals surface area (Å²) in [5.41, 5.74) is 6.01. The molecule has 0 aliphatic rings. The first-order valence-corrected chi connectivity index (χ1v) is 10.8. The second kappa shape index (κ2) is 18.1. The molecule has 0 fully saturated rings. The van der Waals surface area contributed by atoms with E-state index in [1.54, 1.807) is 26.5 Å². The van der Waals surface area contributed by atoms with Crippen LogP contribution in [0.25, 0.3) is 22.5 Å². The van der Waals surface area contributed by atoms with Gasteiger partial charge in [0.05, 0.1) is 17.9 Å². The average molecular weight is 828 g/mol. The van der Waals surface area contributed by atoms with Crippen LogP contribution in [-0.2, 0) is 40.2 Å². The van der Waals surface area contributed by atoms with Crippen LogP contribution < -0.4 is 0 Å². The van der Waals surface area contributed by atoms with Crippen molar-refractivity contribution in [3.05, 3.63) is 96.8 Å². The minimum Gasteiger partial charge on any atom is -0.393 e. The van der Waals surface area contributed by atoms with E-state index < -0.39 is 0 Å². The maximum atomic E-state index is 8.56. The molecule has 4 aromatic rings. The van der Waals surface area contributed by atoms with Crippen molar-refractivity contribution in [3.63, 3.8) is 0 Å². The van der Waals surface area contributed by atoms with Gasteiger partial charge in [-0.15, -0.1) is 35.9 Å². The second-order valence-corrected chi connectivity index (χ2v) is 7.67. The van der Waals surface area contributed by atoms with Crippen LogP contribution in [-0.4, -0.2) is 42.4 Å². The number of aliphatic hydroxyl groups is 2. The van der Waals surface area contributed by atoms with Gasteiger partial charge in [-0.2, -0.15) is 0 Å². The summed E-state index contributed by atoms with van der Waals surface area (Å²) in [6.07, 6.45) is 2.89. The van der Waals surface area contributed by atoms with E-state index in [0.717, 1.165) is 33.9 Å². The van der Waals surface area contributed by atoms with Gasteiger partial charge >= 0.3 is 0 Å². The Balaban J connectivity index is 0.000000506. The summed E-state index contributed by atoms with van der Waals surface area (Å²) in [5, 5.41) is 17.1. The van der Waals surface area contributed by atoms with Gasteiger partial charge in [-0.25, -0.2) is 15.0 Å². The van der Waals surface area contributed by atoms with Crippen molar-refractivity contribution < 1.29 is 50.4 Å². The summed E-state index contributed by atoms with van der Waals surface area (Å²) < 4.78 is 0. The Morgan fingerprint density at radius 3 is 1.69 bits per heavy atom. The third kappa shape index (κ3) is 13.5. The number of nitrogens with zero attached hydrogens (tertiary/aromatic N) is 4.